The smallest absolute Gasteiger partial charge is 0.311 e. The Kier molecular flexibility index (Phi) is 10.3. The topological polar surface area (TPSA) is 111 Å². The van der Waals surface area contributed by atoms with Crippen molar-refractivity contribution in [2.24, 2.45) is 0 Å². The van der Waals surface area contributed by atoms with Crippen molar-refractivity contribution in [3.63, 3.8) is 0 Å². The molecule has 3 aromatic carbocycles. The summed E-state index contributed by atoms with van der Waals surface area (Å²) in [7, 11) is 1.30. The highest BCUT2D eigenvalue weighted by atomic mass is 35.5. The normalized spacial score (nSPS) is 11.4. The van der Waals surface area contributed by atoms with E-state index in [1.165, 1.54) is 30.2 Å². The van der Waals surface area contributed by atoms with E-state index in [2.05, 4.69) is 5.32 Å². The molecule has 2 amide bonds. The van der Waals surface area contributed by atoms with Crippen LogP contribution in [0.1, 0.15) is 18.1 Å². The minimum atomic E-state index is -0.852. The third-order valence-electron chi connectivity index (χ3n) is 5.67. The molecular formula is C27H27Cl2N3O6. The van der Waals surface area contributed by atoms with Crippen LogP contribution in [0.2, 0.25) is 10.0 Å². The first-order valence-electron chi connectivity index (χ1n) is 11.7. The number of benzene rings is 3. The number of hydrogen-bond donors (Lipinski definition) is 1. The maximum atomic E-state index is 13.6. The number of nitro groups is 1. The summed E-state index contributed by atoms with van der Waals surface area (Å²) in [5.41, 5.74) is 1.32. The first-order valence-corrected chi connectivity index (χ1v) is 12.5. The van der Waals surface area contributed by atoms with E-state index in [0.29, 0.717) is 22.2 Å². The molecule has 0 spiro atoms. The summed E-state index contributed by atoms with van der Waals surface area (Å²) >= 11 is 12.3. The Hall–Kier alpha value is -3.82. The second-order valence-corrected chi connectivity index (χ2v) is 9.06. The maximum Gasteiger partial charge on any atom is 0.311 e. The van der Waals surface area contributed by atoms with Crippen LogP contribution >= 0.6 is 23.2 Å². The van der Waals surface area contributed by atoms with Crippen molar-refractivity contribution in [1.29, 1.82) is 0 Å². The predicted molar refractivity (Wildman–Crippen MR) is 145 cm³/mol. The van der Waals surface area contributed by atoms with Gasteiger partial charge in [0.2, 0.25) is 11.7 Å². The molecule has 3 aromatic rings. The molecule has 200 valence electrons. The van der Waals surface area contributed by atoms with Crippen molar-refractivity contribution < 1.29 is 24.0 Å². The second kappa shape index (κ2) is 13.6. The zero-order chi connectivity index (χ0) is 27.7. The van der Waals surface area contributed by atoms with Gasteiger partial charge < -0.3 is 19.7 Å². The fourth-order valence-electron chi connectivity index (χ4n) is 3.81. The van der Waals surface area contributed by atoms with Crippen LogP contribution in [0.15, 0.2) is 66.7 Å². The number of likely N-dealkylation sites (N-methyl/N-ethyl adjacent to an activating group) is 1. The second-order valence-electron chi connectivity index (χ2n) is 8.25. The summed E-state index contributed by atoms with van der Waals surface area (Å²) in [4.78, 5) is 38.8. The summed E-state index contributed by atoms with van der Waals surface area (Å²) in [6.07, 6.45) is 0.269. The zero-order valence-corrected chi connectivity index (χ0v) is 22.4. The lowest BCUT2D eigenvalue weighted by Gasteiger charge is -2.31. The third-order valence-corrected chi connectivity index (χ3v) is 6.41. The number of carbonyl (C=O) groups is 2. The summed E-state index contributed by atoms with van der Waals surface area (Å²) in [5.74, 6) is -0.591. The number of rotatable bonds is 12. The lowest BCUT2D eigenvalue weighted by molar-refractivity contribution is -0.385. The van der Waals surface area contributed by atoms with Crippen molar-refractivity contribution >= 4 is 40.7 Å². The zero-order valence-electron chi connectivity index (χ0n) is 20.9. The average molecular weight is 560 g/mol. The Bertz CT molecular complexity index is 1290. The van der Waals surface area contributed by atoms with Gasteiger partial charge in [-0.05, 0) is 36.2 Å². The molecule has 0 heterocycles. The van der Waals surface area contributed by atoms with Gasteiger partial charge in [0.25, 0.3) is 5.91 Å². The van der Waals surface area contributed by atoms with Crippen molar-refractivity contribution in [3.05, 3.63) is 98.0 Å². The minimum Gasteiger partial charge on any atom is -0.490 e. The van der Waals surface area contributed by atoms with E-state index >= 15 is 0 Å². The fourth-order valence-corrected chi connectivity index (χ4v) is 4.13. The Balaban J connectivity index is 1.91. The highest BCUT2D eigenvalue weighted by Crippen LogP contribution is 2.31. The lowest BCUT2D eigenvalue weighted by Crippen LogP contribution is -2.51. The molecule has 0 bridgehead atoms. The molecular weight excluding hydrogens is 533 g/mol. The van der Waals surface area contributed by atoms with Crippen LogP contribution < -0.4 is 14.8 Å². The molecule has 3 rings (SSSR count). The number of halogens is 2. The Labute approximate surface area is 230 Å². The number of nitrogens with one attached hydrogen (secondary N) is 1. The van der Waals surface area contributed by atoms with Gasteiger partial charge >= 0.3 is 5.69 Å². The van der Waals surface area contributed by atoms with Gasteiger partial charge in [-0.15, -0.1) is 0 Å². The molecule has 0 aliphatic rings. The molecule has 0 radical (unpaired) electrons. The SMILES string of the molecule is CCNC(=O)C(Cc1ccccc1)N(Cc1ccc(Cl)c(Cl)c1)C(=O)COc1ccc([N+](=O)[O-])c(OC)c1. The molecule has 0 saturated carbocycles. The summed E-state index contributed by atoms with van der Waals surface area (Å²) in [6, 6.07) is 17.4. The summed E-state index contributed by atoms with van der Waals surface area (Å²) in [5, 5.41) is 14.7. The van der Waals surface area contributed by atoms with Crippen LogP contribution in [-0.2, 0) is 22.6 Å². The van der Waals surface area contributed by atoms with Crippen molar-refractivity contribution in [2.45, 2.75) is 25.9 Å². The van der Waals surface area contributed by atoms with Gasteiger partial charge in [0.1, 0.15) is 11.8 Å². The Morgan fingerprint density at radius 3 is 2.39 bits per heavy atom. The Morgan fingerprint density at radius 1 is 1.03 bits per heavy atom. The summed E-state index contributed by atoms with van der Waals surface area (Å²) in [6.45, 7) is 1.83. The van der Waals surface area contributed by atoms with Crippen molar-refractivity contribution in [3.8, 4) is 11.5 Å². The van der Waals surface area contributed by atoms with Gasteiger partial charge in [-0.1, -0.05) is 59.6 Å². The van der Waals surface area contributed by atoms with Gasteiger partial charge in [-0.3, -0.25) is 19.7 Å². The molecule has 0 fully saturated rings. The van der Waals surface area contributed by atoms with E-state index in [0.717, 1.165) is 5.56 Å². The van der Waals surface area contributed by atoms with Gasteiger partial charge in [0, 0.05) is 31.6 Å². The third kappa shape index (κ3) is 7.60. The molecule has 11 heteroatoms. The number of nitro benzene ring substituents is 1. The minimum absolute atomic E-state index is 0.00288. The van der Waals surface area contributed by atoms with E-state index in [9.17, 15) is 19.7 Å². The van der Waals surface area contributed by atoms with Crippen LogP contribution in [0, 0.1) is 10.1 Å². The van der Waals surface area contributed by atoms with Gasteiger partial charge in [0.15, 0.2) is 6.61 Å². The molecule has 0 aliphatic carbocycles. The van der Waals surface area contributed by atoms with Crippen molar-refractivity contribution in [1.82, 2.24) is 10.2 Å². The van der Waals surface area contributed by atoms with Crippen LogP contribution in [0.3, 0.4) is 0 Å². The van der Waals surface area contributed by atoms with Gasteiger partial charge in [0.05, 0.1) is 22.1 Å². The number of amides is 2. The van der Waals surface area contributed by atoms with Crippen LogP contribution in [0.25, 0.3) is 0 Å². The van der Waals surface area contributed by atoms with Crippen LogP contribution in [0.4, 0.5) is 5.69 Å². The lowest BCUT2D eigenvalue weighted by atomic mass is 10.0. The molecule has 0 aliphatic heterocycles. The molecule has 38 heavy (non-hydrogen) atoms. The quantitative estimate of drug-likeness (QED) is 0.245. The first-order chi connectivity index (χ1) is 18.2. The average Bonchev–Trinajstić information content (AvgIpc) is 2.91. The standard InChI is InChI=1S/C27H27Cl2N3O6/c1-3-30-27(34)24(14-18-7-5-4-6-8-18)31(16-19-9-11-21(28)22(29)13-19)26(33)17-38-20-10-12-23(32(35)36)25(15-20)37-2/h4-13,15,24H,3,14,16-17H2,1-2H3,(H,30,34). The Morgan fingerprint density at radius 2 is 1.76 bits per heavy atom. The highest BCUT2D eigenvalue weighted by molar-refractivity contribution is 6.42. The molecule has 9 nitrogen and oxygen atoms in total. The van der Waals surface area contributed by atoms with Gasteiger partial charge in [-0.2, -0.15) is 0 Å². The van der Waals surface area contributed by atoms with Crippen molar-refractivity contribution in [2.75, 3.05) is 20.3 Å². The van der Waals surface area contributed by atoms with E-state index < -0.39 is 23.5 Å². The van der Waals surface area contributed by atoms with Crippen LogP contribution in [0.5, 0.6) is 11.5 Å². The molecule has 1 atom stereocenters. The number of ether oxygens (including phenoxy) is 2. The van der Waals surface area contributed by atoms with E-state index in [-0.39, 0.29) is 36.1 Å². The summed E-state index contributed by atoms with van der Waals surface area (Å²) < 4.78 is 10.7. The van der Waals surface area contributed by atoms with E-state index in [1.807, 2.05) is 30.3 Å². The van der Waals surface area contributed by atoms with Gasteiger partial charge in [-0.25, -0.2) is 0 Å². The number of methoxy groups -OCH3 is 1. The predicted octanol–water partition coefficient (Wildman–Crippen LogP) is 5.07. The molecule has 0 aromatic heterocycles. The van der Waals surface area contributed by atoms with E-state index in [1.54, 1.807) is 25.1 Å². The fraction of sp³-hybridized carbons (Fsp3) is 0.259. The van der Waals surface area contributed by atoms with Crippen LogP contribution in [-0.4, -0.2) is 47.9 Å². The highest BCUT2D eigenvalue weighted by Gasteiger charge is 2.30. The number of hydrogen-bond acceptors (Lipinski definition) is 6. The maximum absolute atomic E-state index is 13.6. The molecule has 1 unspecified atom stereocenters. The molecule has 1 N–H and O–H groups in total. The largest absolute Gasteiger partial charge is 0.490 e. The van der Waals surface area contributed by atoms with E-state index in [4.69, 9.17) is 32.7 Å². The number of carbonyl (C=O) groups excluding carboxylic acids is 2. The number of nitrogens with zero attached hydrogens (tertiary/aromatic N) is 2. The first kappa shape index (κ1) is 28.7. The molecule has 0 saturated heterocycles. The monoisotopic (exact) mass is 559 g/mol.